The fourth-order valence-corrected chi connectivity index (χ4v) is 5.46. The molecule has 9 nitrogen and oxygen atoms in total. The fraction of sp³-hybridized carbons (Fsp3) is 0.333. The molecule has 0 atom stereocenters. The molecule has 1 aliphatic heterocycles. The summed E-state index contributed by atoms with van der Waals surface area (Å²) in [4.78, 5) is 28.7. The molecule has 4 rings (SSSR count). The van der Waals surface area contributed by atoms with Crippen LogP contribution in [0.5, 0.6) is 17.2 Å². The maximum Gasteiger partial charge on any atom is 0.410 e. The number of nitrogens with zero attached hydrogens (tertiary/aromatic N) is 1. The van der Waals surface area contributed by atoms with Gasteiger partial charge >= 0.3 is 6.09 Å². The van der Waals surface area contributed by atoms with Gasteiger partial charge in [-0.3, -0.25) is 4.79 Å². The standard InChI is InChI=1S/C27H31N3O6S/c1-5-36-27(32)30-12-11-20-23(16-30)37-26(28-15-17-7-6-8-18(13-17)33-2)24(20)25(31)29-21-14-19(34-3)9-10-22(21)35-4/h6-10,13-14,28H,5,11-12,15-16H2,1-4H3,(H,29,31). The van der Waals surface area contributed by atoms with E-state index in [4.69, 9.17) is 18.9 Å². The van der Waals surface area contributed by atoms with Crippen LogP contribution in [0.15, 0.2) is 42.5 Å². The Morgan fingerprint density at radius 2 is 1.81 bits per heavy atom. The minimum atomic E-state index is -0.348. The van der Waals surface area contributed by atoms with E-state index in [-0.39, 0.29) is 12.0 Å². The average Bonchev–Trinajstić information content (AvgIpc) is 3.29. The Morgan fingerprint density at radius 3 is 2.54 bits per heavy atom. The van der Waals surface area contributed by atoms with Crippen LogP contribution in [0.4, 0.5) is 15.5 Å². The summed E-state index contributed by atoms with van der Waals surface area (Å²) in [6.45, 7) is 3.47. The first-order chi connectivity index (χ1) is 18.0. The van der Waals surface area contributed by atoms with Crippen LogP contribution >= 0.6 is 11.3 Å². The second-order valence-corrected chi connectivity index (χ2v) is 9.41. The number of methoxy groups -OCH3 is 3. The number of amides is 2. The van der Waals surface area contributed by atoms with E-state index in [0.717, 1.165) is 26.8 Å². The first-order valence-electron chi connectivity index (χ1n) is 11.9. The highest BCUT2D eigenvalue weighted by Gasteiger charge is 2.30. The molecule has 2 heterocycles. The molecule has 0 bridgehead atoms. The Labute approximate surface area is 220 Å². The van der Waals surface area contributed by atoms with Gasteiger partial charge in [-0.2, -0.15) is 0 Å². The molecule has 0 aliphatic carbocycles. The Balaban J connectivity index is 1.65. The first-order valence-corrected chi connectivity index (χ1v) is 12.7. The van der Waals surface area contributed by atoms with Gasteiger partial charge in [0.1, 0.15) is 22.2 Å². The topological polar surface area (TPSA) is 98.4 Å². The minimum Gasteiger partial charge on any atom is -0.497 e. The van der Waals surface area contributed by atoms with E-state index in [1.807, 2.05) is 24.3 Å². The Morgan fingerprint density at radius 1 is 1.03 bits per heavy atom. The fourth-order valence-electron chi connectivity index (χ4n) is 4.20. The maximum atomic E-state index is 13.7. The molecule has 2 aromatic carbocycles. The number of carbonyl (C=O) groups excluding carboxylic acids is 2. The monoisotopic (exact) mass is 525 g/mol. The number of nitrogens with one attached hydrogen (secondary N) is 2. The predicted octanol–water partition coefficient (Wildman–Crippen LogP) is 5.15. The van der Waals surface area contributed by atoms with Gasteiger partial charge < -0.3 is 34.5 Å². The van der Waals surface area contributed by atoms with E-state index in [1.54, 1.807) is 51.4 Å². The number of hydrogen-bond acceptors (Lipinski definition) is 8. The smallest absolute Gasteiger partial charge is 0.410 e. The van der Waals surface area contributed by atoms with Crippen LogP contribution in [0, 0.1) is 0 Å². The van der Waals surface area contributed by atoms with Crippen molar-refractivity contribution in [2.75, 3.05) is 45.1 Å². The first kappa shape index (κ1) is 26.2. The van der Waals surface area contributed by atoms with Crippen molar-refractivity contribution in [1.82, 2.24) is 4.90 Å². The van der Waals surface area contributed by atoms with E-state index in [1.165, 1.54) is 11.3 Å². The Kier molecular flexibility index (Phi) is 8.39. The summed E-state index contributed by atoms with van der Waals surface area (Å²) in [6.07, 6.45) is 0.197. The normalized spacial score (nSPS) is 12.4. The molecule has 10 heteroatoms. The van der Waals surface area contributed by atoms with E-state index in [2.05, 4.69) is 10.6 Å². The number of thiophene rings is 1. The quantitative estimate of drug-likeness (QED) is 0.399. The van der Waals surface area contributed by atoms with Gasteiger partial charge in [0, 0.05) is 24.0 Å². The van der Waals surface area contributed by atoms with Crippen LogP contribution in [0.2, 0.25) is 0 Å². The molecule has 0 unspecified atom stereocenters. The highest BCUT2D eigenvalue weighted by molar-refractivity contribution is 7.16. The van der Waals surface area contributed by atoms with Gasteiger partial charge in [-0.05, 0) is 48.7 Å². The van der Waals surface area contributed by atoms with Crippen molar-refractivity contribution < 1.29 is 28.5 Å². The summed E-state index contributed by atoms with van der Waals surface area (Å²) in [6, 6.07) is 13.0. The molecule has 0 fully saturated rings. The molecule has 0 saturated heterocycles. The zero-order valence-electron chi connectivity index (χ0n) is 21.4. The summed E-state index contributed by atoms with van der Waals surface area (Å²) in [5.41, 5.74) is 3.02. The Hall–Kier alpha value is -3.92. The summed E-state index contributed by atoms with van der Waals surface area (Å²) >= 11 is 1.48. The van der Waals surface area contributed by atoms with Crippen LogP contribution in [0.1, 0.15) is 33.3 Å². The average molecular weight is 526 g/mol. The van der Waals surface area contributed by atoms with Crippen LogP contribution < -0.4 is 24.8 Å². The zero-order chi connectivity index (χ0) is 26.4. The minimum absolute atomic E-state index is 0.262. The lowest BCUT2D eigenvalue weighted by atomic mass is 10.0. The van der Waals surface area contributed by atoms with Crippen molar-refractivity contribution in [3.63, 3.8) is 0 Å². The van der Waals surface area contributed by atoms with Crippen LogP contribution in [-0.2, 0) is 24.2 Å². The number of fused-ring (bicyclic) bond motifs is 1. The third kappa shape index (κ3) is 5.91. The van der Waals surface area contributed by atoms with Crippen molar-refractivity contribution in [2.24, 2.45) is 0 Å². The predicted molar refractivity (Wildman–Crippen MR) is 143 cm³/mol. The maximum absolute atomic E-state index is 13.7. The highest BCUT2D eigenvalue weighted by atomic mass is 32.1. The molecule has 0 spiro atoms. The molecule has 2 N–H and O–H groups in total. The molecular weight excluding hydrogens is 494 g/mol. The van der Waals surface area contributed by atoms with E-state index >= 15 is 0 Å². The molecule has 2 amide bonds. The van der Waals surface area contributed by atoms with Crippen LogP contribution in [0.3, 0.4) is 0 Å². The van der Waals surface area contributed by atoms with Crippen LogP contribution in [-0.4, -0.2) is 51.4 Å². The largest absolute Gasteiger partial charge is 0.497 e. The summed E-state index contributed by atoms with van der Waals surface area (Å²) in [5, 5.41) is 7.17. The number of benzene rings is 2. The molecule has 1 aromatic heterocycles. The SMILES string of the molecule is CCOC(=O)N1CCc2c(sc(NCc3cccc(OC)c3)c2C(=O)Nc2cc(OC)ccc2OC)C1. The summed E-state index contributed by atoms with van der Waals surface area (Å²) in [5.74, 6) is 1.63. The van der Waals surface area contributed by atoms with Gasteiger partial charge in [0.05, 0.1) is 45.7 Å². The zero-order valence-corrected chi connectivity index (χ0v) is 22.2. The number of anilines is 2. The third-order valence-corrected chi connectivity index (χ3v) is 7.23. The van der Waals surface area contributed by atoms with E-state index < -0.39 is 0 Å². The van der Waals surface area contributed by atoms with Crippen molar-refractivity contribution in [1.29, 1.82) is 0 Å². The van der Waals surface area contributed by atoms with Gasteiger partial charge in [-0.25, -0.2) is 4.79 Å². The van der Waals surface area contributed by atoms with Crippen LogP contribution in [0.25, 0.3) is 0 Å². The lowest BCUT2D eigenvalue weighted by molar-refractivity contribution is 0.102. The summed E-state index contributed by atoms with van der Waals surface area (Å²) < 4.78 is 21.3. The Bertz CT molecular complexity index is 1280. The third-order valence-electron chi connectivity index (χ3n) is 6.05. The van der Waals surface area contributed by atoms with E-state index in [9.17, 15) is 9.59 Å². The highest BCUT2D eigenvalue weighted by Crippen LogP contribution is 2.39. The molecule has 37 heavy (non-hydrogen) atoms. The summed E-state index contributed by atoms with van der Waals surface area (Å²) in [7, 11) is 4.75. The number of rotatable bonds is 9. The van der Waals surface area contributed by atoms with Crippen molar-refractivity contribution in [2.45, 2.75) is 26.4 Å². The molecule has 0 saturated carbocycles. The molecule has 3 aromatic rings. The van der Waals surface area contributed by atoms with Crippen molar-refractivity contribution >= 4 is 34.0 Å². The number of carbonyl (C=O) groups is 2. The van der Waals surface area contributed by atoms with E-state index in [0.29, 0.717) is 55.4 Å². The van der Waals surface area contributed by atoms with Crippen molar-refractivity contribution in [3.05, 3.63) is 64.0 Å². The van der Waals surface area contributed by atoms with Gasteiger partial charge in [0.2, 0.25) is 0 Å². The van der Waals surface area contributed by atoms with Gasteiger partial charge in [-0.15, -0.1) is 11.3 Å². The number of hydrogen-bond donors (Lipinski definition) is 2. The molecule has 1 aliphatic rings. The van der Waals surface area contributed by atoms with Crippen molar-refractivity contribution in [3.8, 4) is 17.2 Å². The van der Waals surface area contributed by atoms with Gasteiger partial charge in [0.25, 0.3) is 5.91 Å². The molecule has 0 radical (unpaired) electrons. The lowest BCUT2D eigenvalue weighted by Gasteiger charge is -2.26. The number of ether oxygens (including phenoxy) is 4. The molecular formula is C27H31N3O6S. The lowest BCUT2D eigenvalue weighted by Crippen LogP contribution is -2.36. The second-order valence-electron chi connectivity index (χ2n) is 8.30. The van der Waals surface area contributed by atoms with Gasteiger partial charge in [-0.1, -0.05) is 12.1 Å². The second kappa shape index (κ2) is 11.9. The van der Waals surface area contributed by atoms with Gasteiger partial charge in [0.15, 0.2) is 0 Å². The molecule has 196 valence electrons.